The first-order valence-electron chi connectivity index (χ1n) is 6.74. The molecule has 1 N–H and O–H groups in total. The van der Waals surface area contributed by atoms with Crippen LogP contribution in [0.15, 0.2) is 22.7 Å². The number of benzene rings is 1. The number of carbonyl (C=O) groups excluding carboxylic acids is 1. The number of halogens is 1. The maximum atomic E-state index is 12.6. The van der Waals surface area contributed by atoms with Crippen molar-refractivity contribution in [1.29, 1.82) is 5.26 Å². The Hall–Kier alpha value is -1.38. The molecule has 1 saturated heterocycles. The largest absolute Gasteiger partial charge is 0.308 e. The minimum atomic E-state index is -0.408. The highest BCUT2D eigenvalue weighted by Gasteiger charge is 2.31. The van der Waals surface area contributed by atoms with Crippen LogP contribution in [0.4, 0.5) is 5.69 Å². The summed E-state index contributed by atoms with van der Waals surface area (Å²) in [6.45, 7) is 4.81. The number of rotatable bonds is 2. The SMILES string of the molecule is Cc1cc(N2C(=O)C(CC#N)NCCC2C)ccc1Br. The zero-order valence-electron chi connectivity index (χ0n) is 11.7. The molecule has 1 aliphatic rings. The number of nitrogens with zero attached hydrogens (tertiary/aromatic N) is 2. The zero-order valence-corrected chi connectivity index (χ0v) is 13.3. The Morgan fingerprint density at radius 3 is 2.95 bits per heavy atom. The number of nitrogens with one attached hydrogen (secondary N) is 1. The predicted octanol–water partition coefficient (Wildman–Crippen LogP) is 2.75. The second-order valence-corrected chi connectivity index (χ2v) is 6.00. The average Bonchev–Trinajstić information content (AvgIpc) is 2.54. The van der Waals surface area contributed by atoms with Crippen molar-refractivity contribution in [2.24, 2.45) is 0 Å². The lowest BCUT2D eigenvalue weighted by Crippen LogP contribution is -2.46. The summed E-state index contributed by atoms with van der Waals surface area (Å²) in [7, 11) is 0. The fourth-order valence-electron chi connectivity index (χ4n) is 2.48. The van der Waals surface area contributed by atoms with Crippen LogP contribution in [-0.2, 0) is 4.79 Å². The lowest BCUT2D eigenvalue weighted by atomic mass is 10.1. The molecule has 0 bridgehead atoms. The van der Waals surface area contributed by atoms with Crippen LogP contribution in [0, 0.1) is 18.3 Å². The van der Waals surface area contributed by atoms with Gasteiger partial charge in [0.1, 0.15) is 6.04 Å². The molecule has 106 valence electrons. The molecule has 2 unspecified atom stereocenters. The topological polar surface area (TPSA) is 56.1 Å². The molecular formula is C15H18BrN3O. The smallest absolute Gasteiger partial charge is 0.245 e. The molecule has 0 aliphatic carbocycles. The summed E-state index contributed by atoms with van der Waals surface area (Å²) >= 11 is 3.48. The Morgan fingerprint density at radius 1 is 1.55 bits per heavy atom. The Labute approximate surface area is 127 Å². The summed E-state index contributed by atoms with van der Waals surface area (Å²) in [5.74, 6) is -0.0155. The van der Waals surface area contributed by atoms with Crippen molar-refractivity contribution < 1.29 is 4.79 Å². The van der Waals surface area contributed by atoms with Crippen LogP contribution in [0.5, 0.6) is 0 Å². The molecule has 0 aromatic heterocycles. The summed E-state index contributed by atoms with van der Waals surface area (Å²) in [6.07, 6.45) is 1.08. The van der Waals surface area contributed by atoms with Gasteiger partial charge in [-0.1, -0.05) is 15.9 Å². The van der Waals surface area contributed by atoms with E-state index in [2.05, 4.69) is 27.3 Å². The molecule has 2 rings (SSSR count). The van der Waals surface area contributed by atoms with Crippen LogP contribution in [0.3, 0.4) is 0 Å². The molecule has 20 heavy (non-hydrogen) atoms. The molecule has 1 fully saturated rings. The third kappa shape index (κ3) is 3.02. The van der Waals surface area contributed by atoms with Gasteiger partial charge in [0.05, 0.1) is 12.5 Å². The highest BCUT2D eigenvalue weighted by atomic mass is 79.9. The van der Waals surface area contributed by atoms with E-state index in [1.807, 2.05) is 36.9 Å². The second-order valence-electron chi connectivity index (χ2n) is 5.15. The van der Waals surface area contributed by atoms with E-state index in [1.54, 1.807) is 0 Å². The summed E-state index contributed by atoms with van der Waals surface area (Å²) in [5, 5.41) is 12.0. The van der Waals surface area contributed by atoms with Gasteiger partial charge in [0, 0.05) is 16.2 Å². The molecule has 1 heterocycles. The van der Waals surface area contributed by atoms with Gasteiger partial charge in [-0.15, -0.1) is 0 Å². The average molecular weight is 336 g/mol. The van der Waals surface area contributed by atoms with E-state index in [1.165, 1.54) is 0 Å². The maximum Gasteiger partial charge on any atom is 0.245 e. The second kappa shape index (κ2) is 6.38. The molecule has 1 aromatic rings. The molecule has 1 aliphatic heterocycles. The Bertz CT molecular complexity index is 553. The fraction of sp³-hybridized carbons (Fsp3) is 0.467. The van der Waals surface area contributed by atoms with Crippen molar-refractivity contribution in [3.05, 3.63) is 28.2 Å². The van der Waals surface area contributed by atoms with E-state index < -0.39 is 6.04 Å². The number of hydrogen-bond acceptors (Lipinski definition) is 3. The van der Waals surface area contributed by atoms with Crippen LogP contribution >= 0.6 is 15.9 Å². The predicted molar refractivity (Wildman–Crippen MR) is 82.5 cm³/mol. The first-order valence-corrected chi connectivity index (χ1v) is 7.53. The normalized spacial score (nSPS) is 23.3. The van der Waals surface area contributed by atoms with E-state index in [0.29, 0.717) is 0 Å². The van der Waals surface area contributed by atoms with Gasteiger partial charge < -0.3 is 10.2 Å². The van der Waals surface area contributed by atoms with Gasteiger partial charge >= 0.3 is 0 Å². The van der Waals surface area contributed by atoms with Crippen LogP contribution in [0.1, 0.15) is 25.3 Å². The van der Waals surface area contributed by atoms with Gasteiger partial charge in [0.25, 0.3) is 0 Å². The van der Waals surface area contributed by atoms with Gasteiger partial charge in [-0.05, 0) is 50.6 Å². The standard InChI is InChI=1S/C15H18BrN3O/c1-10-9-12(3-4-13(10)16)19-11(2)6-8-18-14(5-7-17)15(19)20/h3-4,9,11,14,18H,5-6,8H2,1-2H3. The van der Waals surface area contributed by atoms with Crippen LogP contribution in [0.25, 0.3) is 0 Å². The lowest BCUT2D eigenvalue weighted by Gasteiger charge is -2.29. The number of nitriles is 1. The molecule has 4 nitrogen and oxygen atoms in total. The summed E-state index contributed by atoms with van der Waals surface area (Å²) < 4.78 is 1.03. The van der Waals surface area contributed by atoms with Gasteiger partial charge in [-0.3, -0.25) is 4.79 Å². The number of anilines is 1. The number of aryl methyl sites for hydroxylation is 1. The quantitative estimate of drug-likeness (QED) is 0.904. The van der Waals surface area contributed by atoms with Gasteiger partial charge in [-0.2, -0.15) is 5.26 Å². The summed E-state index contributed by atoms with van der Waals surface area (Å²) in [5.41, 5.74) is 1.99. The van der Waals surface area contributed by atoms with Gasteiger partial charge in [0.2, 0.25) is 5.91 Å². The Balaban J connectivity index is 2.36. The number of hydrogen-bond donors (Lipinski definition) is 1. The third-order valence-electron chi connectivity index (χ3n) is 3.64. The minimum absolute atomic E-state index is 0.0155. The van der Waals surface area contributed by atoms with Crippen molar-refractivity contribution >= 4 is 27.5 Å². The van der Waals surface area contributed by atoms with Crippen LogP contribution < -0.4 is 10.2 Å². The minimum Gasteiger partial charge on any atom is -0.308 e. The van der Waals surface area contributed by atoms with Crippen molar-refractivity contribution in [1.82, 2.24) is 5.32 Å². The number of carbonyl (C=O) groups is 1. The third-order valence-corrected chi connectivity index (χ3v) is 4.53. The molecule has 5 heteroatoms. The zero-order chi connectivity index (χ0) is 14.7. The first kappa shape index (κ1) is 15.0. The number of amides is 1. The molecule has 1 aromatic carbocycles. The molecule has 0 spiro atoms. The van der Waals surface area contributed by atoms with Gasteiger partial charge in [0.15, 0.2) is 0 Å². The van der Waals surface area contributed by atoms with E-state index in [0.717, 1.165) is 28.7 Å². The monoisotopic (exact) mass is 335 g/mol. The molecule has 0 radical (unpaired) electrons. The van der Waals surface area contributed by atoms with Crippen molar-refractivity contribution in [2.45, 2.75) is 38.8 Å². The van der Waals surface area contributed by atoms with E-state index in [4.69, 9.17) is 5.26 Å². The van der Waals surface area contributed by atoms with E-state index in [-0.39, 0.29) is 18.4 Å². The molecule has 0 saturated carbocycles. The van der Waals surface area contributed by atoms with E-state index >= 15 is 0 Å². The highest BCUT2D eigenvalue weighted by molar-refractivity contribution is 9.10. The molecule has 2 atom stereocenters. The van der Waals surface area contributed by atoms with Crippen LogP contribution in [-0.4, -0.2) is 24.5 Å². The highest BCUT2D eigenvalue weighted by Crippen LogP contribution is 2.27. The fourth-order valence-corrected chi connectivity index (χ4v) is 2.73. The lowest BCUT2D eigenvalue weighted by molar-refractivity contribution is -0.120. The Morgan fingerprint density at radius 2 is 2.30 bits per heavy atom. The Kier molecular flexibility index (Phi) is 4.79. The summed E-state index contributed by atoms with van der Waals surface area (Å²) in [4.78, 5) is 14.5. The van der Waals surface area contributed by atoms with Gasteiger partial charge in [-0.25, -0.2) is 0 Å². The van der Waals surface area contributed by atoms with Crippen molar-refractivity contribution in [3.8, 4) is 6.07 Å². The first-order chi connectivity index (χ1) is 9.54. The molecular weight excluding hydrogens is 318 g/mol. The van der Waals surface area contributed by atoms with E-state index in [9.17, 15) is 4.79 Å². The maximum absolute atomic E-state index is 12.6. The van der Waals surface area contributed by atoms with Crippen molar-refractivity contribution in [3.63, 3.8) is 0 Å². The van der Waals surface area contributed by atoms with Crippen LogP contribution in [0.2, 0.25) is 0 Å². The molecule has 1 amide bonds. The summed E-state index contributed by atoms with van der Waals surface area (Å²) in [6, 6.07) is 7.71. The van der Waals surface area contributed by atoms with Crippen molar-refractivity contribution in [2.75, 3.05) is 11.4 Å².